The van der Waals surface area contributed by atoms with Crippen molar-refractivity contribution in [3.63, 3.8) is 0 Å². The number of aliphatic hydroxyl groups excluding tert-OH is 1. The van der Waals surface area contributed by atoms with Gasteiger partial charge in [-0.15, -0.1) is 0 Å². The van der Waals surface area contributed by atoms with Gasteiger partial charge in [-0.05, 0) is 13.3 Å². The third-order valence-corrected chi connectivity index (χ3v) is 6.33. The number of carbonyl (C=O) groups is 3. The van der Waals surface area contributed by atoms with E-state index in [1.807, 2.05) is 0 Å². The second-order valence-electron chi connectivity index (χ2n) is 9.19. The number of aryl methyl sites for hydroxylation is 1. The lowest BCUT2D eigenvalue weighted by atomic mass is 9.91. The Morgan fingerprint density at radius 2 is 1.89 bits per heavy atom. The lowest BCUT2D eigenvalue weighted by Crippen LogP contribution is -2.51. The van der Waals surface area contributed by atoms with Gasteiger partial charge >= 0.3 is 11.7 Å². The fourth-order valence-corrected chi connectivity index (χ4v) is 4.57. The maximum absolute atomic E-state index is 13.3. The molecule has 0 radical (unpaired) electrons. The summed E-state index contributed by atoms with van der Waals surface area (Å²) in [6, 6.07) is -2.12. The number of hydrogen-bond acceptors (Lipinski definition) is 8. The molecule has 0 bridgehead atoms. The standard InChI is InChI=1S/C21H30N6O8/c1-11(28)23-13(5-6-15(30)31)18(32)26-8-12(29)7-21(2,35)14(9-26)27-10-22-17-16(27)19(33)25(4)20(34)24(17)3/h10,12-14,29,35H,5-9H2,1-4H3,(H,23,28)(H,30,31)/t12-,13+,14+,21+/m1/s1. The van der Waals surface area contributed by atoms with E-state index in [4.69, 9.17) is 5.11 Å². The summed E-state index contributed by atoms with van der Waals surface area (Å²) in [5, 5.41) is 33.3. The topological polar surface area (TPSA) is 189 Å². The Bertz CT molecular complexity index is 1280. The van der Waals surface area contributed by atoms with Gasteiger partial charge in [0.2, 0.25) is 11.8 Å². The summed E-state index contributed by atoms with van der Waals surface area (Å²) < 4.78 is 3.48. The number of aliphatic hydroxyl groups is 2. The van der Waals surface area contributed by atoms with E-state index < -0.39 is 52.8 Å². The number of carbonyl (C=O) groups excluding carboxylic acids is 2. The van der Waals surface area contributed by atoms with E-state index in [0.29, 0.717) is 0 Å². The Kier molecular flexibility index (Phi) is 7.17. The average Bonchev–Trinajstić information content (AvgIpc) is 3.14. The molecule has 3 rings (SSSR count). The Morgan fingerprint density at radius 3 is 2.49 bits per heavy atom. The third-order valence-electron chi connectivity index (χ3n) is 6.33. The first-order valence-corrected chi connectivity index (χ1v) is 11.0. The van der Waals surface area contributed by atoms with Gasteiger partial charge in [-0.25, -0.2) is 9.78 Å². The van der Waals surface area contributed by atoms with Crippen LogP contribution in [0, 0.1) is 0 Å². The van der Waals surface area contributed by atoms with Gasteiger partial charge in [0.05, 0.1) is 24.1 Å². The molecule has 192 valence electrons. The number of rotatable bonds is 6. The van der Waals surface area contributed by atoms with Crippen molar-refractivity contribution in [3.8, 4) is 0 Å². The molecule has 4 atom stereocenters. The SMILES string of the molecule is CC(=O)N[C@@H](CCC(=O)O)C(=O)N1C[C@H](O)C[C@](C)(O)[C@@H](n2cnc3c2c(=O)n(C)c(=O)n3C)C1. The van der Waals surface area contributed by atoms with Crippen LogP contribution >= 0.6 is 0 Å². The van der Waals surface area contributed by atoms with Crippen LogP contribution in [0.3, 0.4) is 0 Å². The molecule has 14 nitrogen and oxygen atoms in total. The van der Waals surface area contributed by atoms with Crippen LogP contribution in [-0.4, -0.2) is 87.5 Å². The van der Waals surface area contributed by atoms with Crippen molar-refractivity contribution >= 4 is 28.9 Å². The normalized spacial score (nSPS) is 23.7. The van der Waals surface area contributed by atoms with E-state index >= 15 is 0 Å². The molecule has 3 heterocycles. The average molecular weight is 495 g/mol. The highest BCUT2D eigenvalue weighted by Gasteiger charge is 2.43. The molecule has 1 saturated heterocycles. The summed E-state index contributed by atoms with van der Waals surface area (Å²) in [6.45, 7) is 2.30. The van der Waals surface area contributed by atoms with Crippen LogP contribution in [0.2, 0.25) is 0 Å². The van der Waals surface area contributed by atoms with E-state index in [-0.39, 0.29) is 43.5 Å². The molecule has 1 aliphatic rings. The second-order valence-corrected chi connectivity index (χ2v) is 9.19. The van der Waals surface area contributed by atoms with Gasteiger partial charge in [0.1, 0.15) is 6.04 Å². The molecular weight excluding hydrogens is 464 g/mol. The third kappa shape index (κ3) is 5.12. The van der Waals surface area contributed by atoms with Gasteiger partial charge in [0.15, 0.2) is 11.2 Å². The van der Waals surface area contributed by atoms with Gasteiger partial charge in [-0.2, -0.15) is 0 Å². The van der Waals surface area contributed by atoms with E-state index in [2.05, 4.69) is 10.3 Å². The number of carboxylic acids is 1. The number of likely N-dealkylation sites (tertiary alicyclic amines) is 1. The lowest BCUT2D eigenvalue weighted by molar-refractivity contribution is -0.140. The van der Waals surface area contributed by atoms with Crippen molar-refractivity contribution in [2.45, 2.75) is 56.9 Å². The van der Waals surface area contributed by atoms with Crippen molar-refractivity contribution in [1.29, 1.82) is 0 Å². The van der Waals surface area contributed by atoms with Crippen molar-refractivity contribution in [1.82, 2.24) is 28.9 Å². The molecule has 1 fully saturated rings. The largest absolute Gasteiger partial charge is 0.481 e. The molecule has 0 aromatic carbocycles. The smallest absolute Gasteiger partial charge is 0.332 e. The van der Waals surface area contributed by atoms with Crippen LogP contribution in [0.25, 0.3) is 11.2 Å². The molecule has 0 saturated carbocycles. The lowest BCUT2D eigenvalue weighted by Gasteiger charge is -2.35. The minimum Gasteiger partial charge on any atom is -0.481 e. The molecule has 0 unspecified atom stereocenters. The fourth-order valence-electron chi connectivity index (χ4n) is 4.57. The summed E-state index contributed by atoms with van der Waals surface area (Å²) in [7, 11) is 2.76. The predicted molar refractivity (Wildman–Crippen MR) is 122 cm³/mol. The molecule has 0 spiro atoms. The van der Waals surface area contributed by atoms with E-state index in [9.17, 15) is 34.2 Å². The Hall–Kier alpha value is -3.52. The molecule has 4 N–H and O–H groups in total. The summed E-state index contributed by atoms with van der Waals surface area (Å²) >= 11 is 0. The molecular formula is C21H30N6O8. The summed E-state index contributed by atoms with van der Waals surface area (Å²) in [5.41, 5.74) is -2.70. The molecule has 35 heavy (non-hydrogen) atoms. The number of aliphatic carboxylic acids is 1. The first-order chi connectivity index (χ1) is 16.2. The zero-order valence-corrected chi connectivity index (χ0v) is 20.0. The van der Waals surface area contributed by atoms with E-state index in [0.717, 1.165) is 4.57 Å². The van der Waals surface area contributed by atoms with Crippen LogP contribution in [-0.2, 0) is 28.5 Å². The van der Waals surface area contributed by atoms with Gasteiger partial charge in [-0.1, -0.05) is 0 Å². The number of aromatic nitrogens is 4. The number of nitrogens with zero attached hydrogens (tertiary/aromatic N) is 5. The molecule has 1 aliphatic heterocycles. The summed E-state index contributed by atoms with van der Waals surface area (Å²) in [4.78, 5) is 66.7. The predicted octanol–water partition coefficient (Wildman–Crippen LogP) is -2.31. The van der Waals surface area contributed by atoms with Crippen molar-refractivity contribution in [2.24, 2.45) is 14.1 Å². The highest BCUT2D eigenvalue weighted by molar-refractivity contribution is 5.87. The van der Waals surface area contributed by atoms with Crippen molar-refractivity contribution in [2.75, 3.05) is 13.1 Å². The van der Waals surface area contributed by atoms with E-state index in [1.54, 1.807) is 0 Å². The van der Waals surface area contributed by atoms with Crippen molar-refractivity contribution in [3.05, 3.63) is 27.2 Å². The molecule has 2 aromatic heterocycles. The second kappa shape index (κ2) is 9.62. The van der Waals surface area contributed by atoms with Crippen LogP contribution in [0.4, 0.5) is 0 Å². The molecule has 14 heteroatoms. The zero-order chi connectivity index (χ0) is 26.2. The number of hydrogen-bond donors (Lipinski definition) is 4. The van der Waals surface area contributed by atoms with Crippen LogP contribution in [0.5, 0.6) is 0 Å². The fraction of sp³-hybridized carbons (Fsp3) is 0.619. The van der Waals surface area contributed by atoms with Crippen LogP contribution in [0.1, 0.15) is 39.2 Å². The Labute approximate surface area is 199 Å². The molecule has 2 aromatic rings. The van der Waals surface area contributed by atoms with Gasteiger partial charge in [0.25, 0.3) is 5.56 Å². The minimum absolute atomic E-state index is 0.0351. The van der Waals surface area contributed by atoms with Gasteiger partial charge in [0, 0.05) is 47.0 Å². The highest BCUT2D eigenvalue weighted by Crippen LogP contribution is 2.33. The Morgan fingerprint density at radius 1 is 1.23 bits per heavy atom. The maximum Gasteiger partial charge on any atom is 0.332 e. The maximum atomic E-state index is 13.3. The molecule has 2 amide bonds. The summed E-state index contributed by atoms with van der Waals surface area (Å²) in [6.07, 6.45) is -0.533. The van der Waals surface area contributed by atoms with Crippen LogP contribution < -0.4 is 16.6 Å². The first kappa shape index (κ1) is 26.1. The van der Waals surface area contributed by atoms with Gasteiger partial charge in [-0.3, -0.25) is 28.3 Å². The minimum atomic E-state index is -1.60. The first-order valence-electron chi connectivity index (χ1n) is 11.0. The molecule has 0 aliphatic carbocycles. The number of β-amino-alcohol motifs (C(OH)–C–C–N with tert-alkyl or cyclic N) is 1. The quantitative estimate of drug-likeness (QED) is 0.342. The number of imidazole rings is 1. The Balaban J connectivity index is 2.08. The van der Waals surface area contributed by atoms with Crippen LogP contribution in [0.15, 0.2) is 15.9 Å². The summed E-state index contributed by atoms with van der Waals surface area (Å²) in [5.74, 6) is -2.30. The number of carboxylic acid groups (broad SMARTS) is 1. The van der Waals surface area contributed by atoms with Crippen molar-refractivity contribution < 1.29 is 29.7 Å². The van der Waals surface area contributed by atoms with E-state index in [1.165, 1.54) is 48.3 Å². The highest BCUT2D eigenvalue weighted by atomic mass is 16.4. The number of amides is 2. The number of nitrogens with one attached hydrogen (secondary N) is 1. The van der Waals surface area contributed by atoms with Gasteiger partial charge < -0.3 is 30.1 Å². The monoisotopic (exact) mass is 494 g/mol. The number of fused-ring (bicyclic) bond motifs is 1. The zero-order valence-electron chi connectivity index (χ0n) is 20.0.